The molecule has 3 rings (SSSR count). The van der Waals surface area contributed by atoms with Gasteiger partial charge in [0.1, 0.15) is 12.4 Å². The second-order valence-corrected chi connectivity index (χ2v) is 6.14. The first-order chi connectivity index (χ1) is 11.1. The third-order valence-electron chi connectivity index (χ3n) is 4.50. The van der Waals surface area contributed by atoms with E-state index in [-0.39, 0.29) is 11.9 Å². The summed E-state index contributed by atoms with van der Waals surface area (Å²) < 4.78 is 5.78. The average molecular weight is 310 g/mol. The van der Waals surface area contributed by atoms with Gasteiger partial charge in [0.05, 0.1) is 5.41 Å². The van der Waals surface area contributed by atoms with E-state index in [2.05, 4.69) is 5.32 Å². The molecule has 0 aromatic heterocycles. The number of carbonyl (C=O) groups is 1. The SMILES string of the molecule is CNC(=O)[C@@]1(Cc2ccc(OCc3ccccc3)cc2)C[C@@H]1N. The smallest absolute Gasteiger partial charge is 0.227 e. The largest absolute Gasteiger partial charge is 0.489 e. The topological polar surface area (TPSA) is 64.3 Å². The summed E-state index contributed by atoms with van der Waals surface area (Å²) in [5.74, 6) is 0.862. The van der Waals surface area contributed by atoms with E-state index < -0.39 is 5.41 Å². The van der Waals surface area contributed by atoms with Crippen LogP contribution in [-0.4, -0.2) is 19.0 Å². The average Bonchev–Trinajstić information content (AvgIpc) is 3.25. The molecule has 120 valence electrons. The van der Waals surface area contributed by atoms with Crippen LogP contribution in [0.4, 0.5) is 0 Å². The summed E-state index contributed by atoms with van der Waals surface area (Å²) in [6.07, 6.45) is 1.42. The lowest BCUT2D eigenvalue weighted by Crippen LogP contribution is -2.35. The Morgan fingerprint density at radius 3 is 2.39 bits per heavy atom. The minimum atomic E-state index is -0.429. The number of ether oxygens (including phenoxy) is 1. The number of hydrogen-bond acceptors (Lipinski definition) is 3. The summed E-state index contributed by atoms with van der Waals surface area (Å²) in [4.78, 5) is 12.0. The Morgan fingerprint density at radius 1 is 1.17 bits per heavy atom. The van der Waals surface area contributed by atoms with Gasteiger partial charge in [-0.15, -0.1) is 0 Å². The molecular weight excluding hydrogens is 288 g/mol. The Hall–Kier alpha value is -2.33. The summed E-state index contributed by atoms with van der Waals surface area (Å²) in [7, 11) is 1.66. The highest BCUT2D eigenvalue weighted by Crippen LogP contribution is 2.47. The molecule has 0 saturated heterocycles. The van der Waals surface area contributed by atoms with Crippen molar-refractivity contribution in [1.29, 1.82) is 0 Å². The number of hydrogen-bond donors (Lipinski definition) is 2. The molecule has 2 atom stereocenters. The van der Waals surface area contributed by atoms with Crippen LogP contribution in [0.2, 0.25) is 0 Å². The normalized spacial score (nSPS) is 22.4. The molecule has 2 aromatic rings. The summed E-state index contributed by atoms with van der Waals surface area (Å²) in [5.41, 5.74) is 7.80. The zero-order chi connectivity index (χ0) is 16.3. The van der Waals surface area contributed by atoms with Crippen molar-refractivity contribution in [3.05, 3.63) is 65.7 Å². The molecule has 23 heavy (non-hydrogen) atoms. The van der Waals surface area contributed by atoms with E-state index in [9.17, 15) is 4.79 Å². The van der Waals surface area contributed by atoms with Gasteiger partial charge < -0.3 is 15.8 Å². The highest BCUT2D eigenvalue weighted by Gasteiger charge is 2.57. The van der Waals surface area contributed by atoms with Crippen LogP contribution in [0.15, 0.2) is 54.6 Å². The fourth-order valence-electron chi connectivity index (χ4n) is 2.94. The van der Waals surface area contributed by atoms with Crippen LogP contribution in [0.5, 0.6) is 5.75 Å². The predicted octanol–water partition coefficient (Wildman–Crippen LogP) is 2.27. The van der Waals surface area contributed by atoms with Crippen molar-refractivity contribution < 1.29 is 9.53 Å². The molecule has 0 aliphatic heterocycles. The molecule has 0 radical (unpaired) electrons. The van der Waals surface area contributed by atoms with E-state index in [0.717, 1.165) is 23.3 Å². The molecule has 4 nitrogen and oxygen atoms in total. The zero-order valence-electron chi connectivity index (χ0n) is 13.3. The minimum Gasteiger partial charge on any atom is -0.489 e. The number of carbonyl (C=O) groups excluding carboxylic acids is 1. The third-order valence-corrected chi connectivity index (χ3v) is 4.50. The lowest BCUT2D eigenvalue weighted by Gasteiger charge is -2.15. The maximum absolute atomic E-state index is 12.0. The van der Waals surface area contributed by atoms with Crippen molar-refractivity contribution in [2.45, 2.75) is 25.5 Å². The molecule has 2 aromatic carbocycles. The van der Waals surface area contributed by atoms with Crippen LogP contribution in [0.25, 0.3) is 0 Å². The molecule has 1 fully saturated rings. The predicted molar refractivity (Wildman–Crippen MR) is 90.0 cm³/mol. The van der Waals surface area contributed by atoms with E-state index in [1.54, 1.807) is 7.05 Å². The van der Waals surface area contributed by atoms with E-state index >= 15 is 0 Å². The van der Waals surface area contributed by atoms with Gasteiger partial charge in [0.15, 0.2) is 0 Å². The third kappa shape index (κ3) is 3.37. The molecule has 3 N–H and O–H groups in total. The van der Waals surface area contributed by atoms with Gasteiger partial charge in [-0.25, -0.2) is 0 Å². The first-order valence-electron chi connectivity index (χ1n) is 7.87. The number of nitrogens with two attached hydrogens (primary N) is 1. The summed E-state index contributed by atoms with van der Waals surface area (Å²) >= 11 is 0. The maximum atomic E-state index is 12.0. The van der Waals surface area contributed by atoms with Crippen LogP contribution in [0.1, 0.15) is 17.5 Å². The number of nitrogens with one attached hydrogen (secondary N) is 1. The van der Waals surface area contributed by atoms with Gasteiger partial charge in [-0.3, -0.25) is 4.79 Å². The Labute approximate surface area is 136 Å². The van der Waals surface area contributed by atoms with Crippen molar-refractivity contribution in [3.63, 3.8) is 0 Å². The fourth-order valence-corrected chi connectivity index (χ4v) is 2.94. The monoisotopic (exact) mass is 310 g/mol. The maximum Gasteiger partial charge on any atom is 0.227 e. The van der Waals surface area contributed by atoms with Crippen molar-refractivity contribution in [2.24, 2.45) is 11.1 Å². The van der Waals surface area contributed by atoms with E-state index in [0.29, 0.717) is 13.0 Å². The molecule has 0 bridgehead atoms. The van der Waals surface area contributed by atoms with Crippen molar-refractivity contribution in [1.82, 2.24) is 5.32 Å². The van der Waals surface area contributed by atoms with Gasteiger partial charge in [-0.2, -0.15) is 0 Å². The van der Waals surface area contributed by atoms with Crippen LogP contribution in [-0.2, 0) is 17.8 Å². The van der Waals surface area contributed by atoms with Crippen molar-refractivity contribution in [3.8, 4) is 5.75 Å². The second-order valence-electron chi connectivity index (χ2n) is 6.14. The minimum absolute atomic E-state index is 0.0365. The molecule has 1 saturated carbocycles. The number of amides is 1. The number of rotatable bonds is 6. The highest BCUT2D eigenvalue weighted by atomic mass is 16.5. The van der Waals surface area contributed by atoms with E-state index in [1.165, 1.54) is 0 Å². The van der Waals surface area contributed by atoms with Crippen LogP contribution in [0, 0.1) is 5.41 Å². The number of benzene rings is 2. The molecule has 1 aliphatic rings. The first-order valence-corrected chi connectivity index (χ1v) is 7.87. The van der Waals surface area contributed by atoms with Crippen LogP contribution >= 0.6 is 0 Å². The van der Waals surface area contributed by atoms with E-state index in [4.69, 9.17) is 10.5 Å². The van der Waals surface area contributed by atoms with Gasteiger partial charge in [-0.1, -0.05) is 42.5 Å². The molecule has 0 unspecified atom stereocenters. The van der Waals surface area contributed by atoms with Gasteiger partial charge in [0, 0.05) is 13.1 Å². The van der Waals surface area contributed by atoms with Gasteiger partial charge in [0.2, 0.25) is 5.91 Å². The van der Waals surface area contributed by atoms with Crippen molar-refractivity contribution >= 4 is 5.91 Å². The lowest BCUT2D eigenvalue weighted by atomic mass is 9.94. The molecule has 0 heterocycles. The Morgan fingerprint density at radius 2 is 1.83 bits per heavy atom. The standard InChI is InChI=1S/C19H22N2O2/c1-21-18(22)19(12-17(19)20)11-14-7-9-16(10-8-14)23-13-15-5-3-2-4-6-15/h2-10,17H,11-13,20H2,1H3,(H,21,22)/t17-,19-/m0/s1. The Balaban J connectivity index is 1.60. The Kier molecular flexibility index (Phi) is 4.35. The summed E-state index contributed by atoms with van der Waals surface area (Å²) in [6, 6.07) is 17.9. The van der Waals surface area contributed by atoms with Gasteiger partial charge >= 0.3 is 0 Å². The Bertz CT molecular complexity index is 670. The van der Waals surface area contributed by atoms with Gasteiger partial charge in [-0.05, 0) is 36.1 Å². The quantitative estimate of drug-likeness (QED) is 0.860. The van der Waals surface area contributed by atoms with Crippen LogP contribution < -0.4 is 15.8 Å². The molecular formula is C19H22N2O2. The van der Waals surface area contributed by atoms with Crippen molar-refractivity contribution in [2.75, 3.05) is 7.05 Å². The molecule has 4 heteroatoms. The first kappa shape index (κ1) is 15.6. The van der Waals surface area contributed by atoms with Gasteiger partial charge in [0.25, 0.3) is 0 Å². The second kappa shape index (κ2) is 6.42. The molecule has 1 aliphatic carbocycles. The lowest BCUT2D eigenvalue weighted by molar-refractivity contribution is -0.125. The van der Waals surface area contributed by atoms with E-state index in [1.807, 2.05) is 54.6 Å². The highest BCUT2D eigenvalue weighted by molar-refractivity contribution is 5.87. The molecule has 1 amide bonds. The summed E-state index contributed by atoms with van der Waals surface area (Å²) in [5, 5.41) is 2.72. The molecule has 0 spiro atoms. The zero-order valence-corrected chi connectivity index (χ0v) is 13.3. The fraction of sp³-hybridized carbons (Fsp3) is 0.316. The summed E-state index contributed by atoms with van der Waals surface area (Å²) in [6.45, 7) is 0.549. The van der Waals surface area contributed by atoms with Crippen LogP contribution in [0.3, 0.4) is 0 Å².